The maximum absolute atomic E-state index is 13.4. The van der Waals surface area contributed by atoms with E-state index in [-0.39, 0.29) is 29.8 Å². The number of imidazole rings is 1. The van der Waals surface area contributed by atoms with Crippen LogP contribution in [0.15, 0.2) is 48.5 Å². The lowest BCUT2D eigenvalue weighted by Crippen LogP contribution is -2.38. The lowest BCUT2D eigenvalue weighted by atomic mass is 10.1. The number of anilines is 2. The lowest BCUT2D eigenvalue weighted by Gasteiger charge is -2.36. The Morgan fingerprint density at radius 2 is 1.62 bits per heavy atom. The summed E-state index contributed by atoms with van der Waals surface area (Å²) in [7, 11) is 6.85. The maximum Gasteiger partial charge on any atom is 0.321 e. The predicted octanol–water partition coefficient (Wildman–Crippen LogP) is 4.31. The summed E-state index contributed by atoms with van der Waals surface area (Å²) >= 11 is 0. The van der Waals surface area contributed by atoms with Crippen LogP contribution in [0.1, 0.15) is 70.7 Å². The molecule has 0 saturated heterocycles. The molecule has 0 saturated carbocycles. The predicted molar refractivity (Wildman–Crippen MR) is 157 cm³/mol. The molecule has 10 nitrogen and oxygen atoms in total. The van der Waals surface area contributed by atoms with Crippen molar-refractivity contribution in [2.45, 2.75) is 45.8 Å². The van der Waals surface area contributed by atoms with Gasteiger partial charge in [-0.25, -0.2) is 9.78 Å². The number of aromatic nitrogens is 2. The van der Waals surface area contributed by atoms with Crippen LogP contribution in [0.25, 0.3) is 0 Å². The first-order valence-electron chi connectivity index (χ1n) is 13.5. The second kappa shape index (κ2) is 11.8. The zero-order valence-electron chi connectivity index (χ0n) is 24.4. The largest absolute Gasteiger partial charge is 0.364 e. The van der Waals surface area contributed by atoms with Crippen molar-refractivity contribution in [2.24, 2.45) is 0 Å². The van der Waals surface area contributed by atoms with Gasteiger partial charge < -0.3 is 29.9 Å². The van der Waals surface area contributed by atoms with Crippen molar-refractivity contribution in [1.29, 1.82) is 0 Å². The molecule has 4 rings (SSSR count). The quantitative estimate of drug-likeness (QED) is 0.461. The maximum atomic E-state index is 13.4. The van der Waals surface area contributed by atoms with Crippen LogP contribution in [0, 0.1) is 0 Å². The highest BCUT2D eigenvalue weighted by molar-refractivity contribution is 5.95. The molecule has 2 heterocycles. The minimum atomic E-state index is -0.221. The van der Waals surface area contributed by atoms with E-state index in [1.807, 2.05) is 48.5 Å². The Hall–Kier alpha value is -4.34. The number of nitrogens with one attached hydrogen (secondary N) is 2. The van der Waals surface area contributed by atoms with Gasteiger partial charge in [-0.3, -0.25) is 9.59 Å². The van der Waals surface area contributed by atoms with E-state index in [0.29, 0.717) is 30.0 Å². The number of nitrogens with zero attached hydrogens (tertiary/aromatic N) is 5. The summed E-state index contributed by atoms with van der Waals surface area (Å²) in [6, 6.07) is 14.9. The molecule has 1 aliphatic heterocycles. The van der Waals surface area contributed by atoms with E-state index in [0.717, 1.165) is 29.3 Å². The van der Waals surface area contributed by atoms with Gasteiger partial charge in [-0.15, -0.1) is 0 Å². The van der Waals surface area contributed by atoms with Crippen LogP contribution in [0.2, 0.25) is 0 Å². The summed E-state index contributed by atoms with van der Waals surface area (Å²) in [5.41, 5.74) is 4.56. The van der Waals surface area contributed by atoms with E-state index in [4.69, 9.17) is 4.98 Å². The Balaban J connectivity index is 1.52. The number of hydrogen-bond acceptors (Lipinski definition) is 5. The molecular formula is C30H39N7O3. The second-order valence-electron chi connectivity index (χ2n) is 11.0. The summed E-state index contributed by atoms with van der Waals surface area (Å²) in [5, 5.41) is 5.83. The first-order valence-corrected chi connectivity index (χ1v) is 13.5. The van der Waals surface area contributed by atoms with Gasteiger partial charge in [-0.05, 0) is 48.9 Å². The molecule has 0 radical (unpaired) electrons. The van der Waals surface area contributed by atoms with Crippen LogP contribution in [0.5, 0.6) is 0 Å². The van der Waals surface area contributed by atoms with Gasteiger partial charge in [-0.2, -0.15) is 0 Å². The molecule has 0 aliphatic carbocycles. The molecule has 40 heavy (non-hydrogen) atoms. The van der Waals surface area contributed by atoms with Crippen molar-refractivity contribution in [3.63, 3.8) is 0 Å². The van der Waals surface area contributed by atoms with Gasteiger partial charge >= 0.3 is 6.03 Å². The number of urea groups is 1. The van der Waals surface area contributed by atoms with Crippen molar-refractivity contribution in [3.8, 4) is 0 Å². The minimum absolute atomic E-state index is 0.0369. The highest BCUT2D eigenvalue weighted by atomic mass is 16.2. The summed E-state index contributed by atoms with van der Waals surface area (Å²) in [6.45, 7) is 7.97. The van der Waals surface area contributed by atoms with E-state index in [2.05, 4.69) is 40.9 Å². The van der Waals surface area contributed by atoms with Crippen molar-refractivity contribution < 1.29 is 14.4 Å². The first-order chi connectivity index (χ1) is 19.0. The Morgan fingerprint density at radius 3 is 2.20 bits per heavy atom. The fourth-order valence-corrected chi connectivity index (χ4v) is 4.84. The SMILES string of the molecule is CC(C)c1nc(C(=O)NCc2ccc(NC(=O)N(C)C)cc2)c2n1[C@@H](C)CN(c1ccc(C(=O)N(C)C)cc1)C2. The van der Waals surface area contributed by atoms with Crippen LogP contribution in [0.4, 0.5) is 16.2 Å². The first kappa shape index (κ1) is 28.7. The molecule has 2 aromatic carbocycles. The van der Waals surface area contributed by atoms with Gasteiger partial charge in [0.2, 0.25) is 0 Å². The Kier molecular flexibility index (Phi) is 8.46. The number of rotatable bonds is 7. The van der Waals surface area contributed by atoms with Gasteiger partial charge in [0.25, 0.3) is 11.8 Å². The highest BCUT2D eigenvalue weighted by Crippen LogP contribution is 2.32. The lowest BCUT2D eigenvalue weighted by molar-refractivity contribution is 0.0827. The van der Waals surface area contributed by atoms with Crippen LogP contribution in [-0.4, -0.2) is 71.9 Å². The zero-order chi connectivity index (χ0) is 29.1. The van der Waals surface area contributed by atoms with Crippen LogP contribution < -0.4 is 15.5 Å². The minimum Gasteiger partial charge on any atom is -0.364 e. The van der Waals surface area contributed by atoms with Crippen LogP contribution >= 0.6 is 0 Å². The molecule has 0 fully saturated rings. The monoisotopic (exact) mass is 545 g/mol. The molecule has 1 aromatic heterocycles. The fraction of sp³-hybridized carbons (Fsp3) is 0.400. The molecule has 2 N–H and O–H groups in total. The number of hydrogen-bond donors (Lipinski definition) is 2. The average Bonchev–Trinajstić information content (AvgIpc) is 3.33. The van der Waals surface area contributed by atoms with E-state index < -0.39 is 0 Å². The topological polar surface area (TPSA) is 103 Å². The summed E-state index contributed by atoms with van der Waals surface area (Å²) in [4.78, 5) is 47.7. The average molecular weight is 546 g/mol. The summed E-state index contributed by atoms with van der Waals surface area (Å²) in [5.74, 6) is 0.808. The summed E-state index contributed by atoms with van der Waals surface area (Å²) in [6.07, 6.45) is 0. The van der Waals surface area contributed by atoms with Crippen LogP contribution in [-0.2, 0) is 13.1 Å². The summed E-state index contributed by atoms with van der Waals surface area (Å²) < 4.78 is 2.21. The molecule has 0 unspecified atom stereocenters. The van der Waals surface area contributed by atoms with E-state index in [1.54, 1.807) is 33.1 Å². The number of carbonyl (C=O) groups excluding carboxylic acids is 3. The normalized spacial score (nSPS) is 14.5. The number of carbonyl (C=O) groups is 3. The number of fused-ring (bicyclic) bond motifs is 1. The zero-order valence-corrected chi connectivity index (χ0v) is 24.4. The van der Waals surface area contributed by atoms with Crippen molar-refractivity contribution in [3.05, 3.63) is 76.9 Å². The van der Waals surface area contributed by atoms with Gasteiger partial charge in [-0.1, -0.05) is 26.0 Å². The van der Waals surface area contributed by atoms with E-state index in [9.17, 15) is 14.4 Å². The Bertz CT molecular complexity index is 1380. The number of benzene rings is 2. The van der Waals surface area contributed by atoms with Crippen LogP contribution in [0.3, 0.4) is 0 Å². The van der Waals surface area contributed by atoms with E-state index in [1.165, 1.54) is 4.90 Å². The Labute approximate surface area is 236 Å². The third kappa shape index (κ3) is 6.11. The molecule has 4 amide bonds. The third-order valence-corrected chi connectivity index (χ3v) is 6.98. The molecular weight excluding hydrogens is 506 g/mol. The standard InChI is InChI=1S/C30H39N7O3/c1-19(2)27-33-26(28(38)31-16-21-8-12-23(13-9-21)32-30(40)35(6)7)25-18-36(17-20(3)37(25)27)24-14-10-22(11-15-24)29(39)34(4)5/h8-15,19-20H,16-18H2,1-7H3,(H,31,38)(H,32,40)/t20-/m0/s1. The van der Waals surface area contributed by atoms with E-state index >= 15 is 0 Å². The second-order valence-corrected chi connectivity index (χ2v) is 11.0. The molecule has 1 aliphatic rings. The molecule has 0 bridgehead atoms. The number of amides is 4. The third-order valence-electron chi connectivity index (χ3n) is 6.98. The molecule has 10 heteroatoms. The van der Waals surface area contributed by atoms with Crippen molar-refractivity contribution >= 4 is 29.2 Å². The fourth-order valence-electron chi connectivity index (χ4n) is 4.84. The van der Waals surface area contributed by atoms with Gasteiger partial charge in [0.05, 0.1) is 12.2 Å². The van der Waals surface area contributed by atoms with Gasteiger partial charge in [0.1, 0.15) is 5.82 Å². The highest BCUT2D eigenvalue weighted by Gasteiger charge is 2.32. The van der Waals surface area contributed by atoms with Crippen molar-refractivity contribution in [1.82, 2.24) is 24.7 Å². The molecule has 212 valence electrons. The molecule has 1 atom stereocenters. The van der Waals surface area contributed by atoms with Gasteiger partial charge in [0.15, 0.2) is 5.69 Å². The van der Waals surface area contributed by atoms with Gasteiger partial charge in [0, 0.05) is 70.2 Å². The Morgan fingerprint density at radius 1 is 0.975 bits per heavy atom. The molecule has 0 spiro atoms. The smallest absolute Gasteiger partial charge is 0.321 e. The molecule has 3 aromatic rings. The van der Waals surface area contributed by atoms with Crippen molar-refractivity contribution in [2.75, 3.05) is 45.0 Å².